The van der Waals surface area contributed by atoms with Crippen LogP contribution >= 0.6 is 23.4 Å². The third kappa shape index (κ3) is 3.54. The lowest BCUT2D eigenvalue weighted by Crippen LogP contribution is -1.95. The summed E-state index contributed by atoms with van der Waals surface area (Å²) in [5, 5.41) is 9.22. The molecule has 3 nitrogen and oxygen atoms in total. The SMILES string of the molecule is CS(=O)(=O)c1ccc(Sc2ccc(C#N)c(Cl)c2)cc1. The second-order valence-corrected chi connectivity index (χ2v) is 7.67. The lowest BCUT2D eigenvalue weighted by molar-refractivity contribution is 0.602. The maximum atomic E-state index is 11.4. The van der Waals surface area contributed by atoms with E-state index in [1.54, 1.807) is 42.5 Å². The van der Waals surface area contributed by atoms with Crippen LogP contribution in [0.3, 0.4) is 0 Å². The second kappa shape index (κ2) is 5.88. The van der Waals surface area contributed by atoms with Crippen LogP contribution in [0.5, 0.6) is 0 Å². The first kappa shape index (κ1) is 14.9. The fraction of sp³-hybridized carbons (Fsp3) is 0.0714. The minimum Gasteiger partial charge on any atom is -0.224 e. The van der Waals surface area contributed by atoms with Gasteiger partial charge in [0.15, 0.2) is 9.84 Å². The molecule has 0 aliphatic carbocycles. The molecule has 0 bridgehead atoms. The summed E-state index contributed by atoms with van der Waals surface area (Å²) in [6.07, 6.45) is 1.18. The van der Waals surface area contributed by atoms with Crippen LogP contribution in [0.2, 0.25) is 5.02 Å². The summed E-state index contributed by atoms with van der Waals surface area (Å²) in [4.78, 5) is 2.08. The molecule has 0 unspecified atom stereocenters. The third-order valence-electron chi connectivity index (χ3n) is 2.55. The molecule has 102 valence electrons. The van der Waals surface area contributed by atoms with Gasteiger partial charge in [0.1, 0.15) is 6.07 Å². The Morgan fingerprint density at radius 2 is 1.70 bits per heavy atom. The van der Waals surface area contributed by atoms with Gasteiger partial charge in [-0.25, -0.2) is 8.42 Å². The smallest absolute Gasteiger partial charge is 0.175 e. The maximum absolute atomic E-state index is 11.4. The van der Waals surface area contributed by atoms with E-state index in [9.17, 15) is 8.42 Å². The highest BCUT2D eigenvalue weighted by Gasteiger charge is 2.07. The number of nitrogens with zero attached hydrogens (tertiary/aromatic N) is 1. The van der Waals surface area contributed by atoms with E-state index in [0.717, 1.165) is 9.79 Å². The minimum absolute atomic E-state index is 0.291. The zero-order valence-electron chi connectivity index (χ0n) is 10.5. The molecule has 2 aromatic rings. The molecule has 0 aromatic heterocycles. The van der Waals surface area contributed by atoms with Gasteiger partial charge in [-0.1, -0.05) is 23.4 Å². The van der Waals surface area contributed by atoms with E-state index in [1.165, 1.54) is 18.0 Å². The van der Waals surface area contributed by atoms with E-state index < -0.39 is 9.84 Å². The molecule has 2 rings (SSSR count). The van der Waals surface area contributed by atoms with Crippen molar-refractivity contribution in [2.75, 3.05) is 6.26 Å². The van der Waals surface area contributed by atoms with Crippen molar-refractivity contribution >= 4 is 33.2 Å². The summed E-state index contributed by atoms with van der Waals surface area (Å²) >= 11 is 7.42. The molecule has 0 radical (unpaired) electrons. The molecule has 6 heteroatoms. The highest BCUT2D eigenvalue weighted by atomic mass is 35.5. The Bertz CT molecular complexity index is 778. The summed E-state index contributed by atoms with van der Waals surface area (Å²) in [5.41, 5.74) is 0.434. The molecular formula is C14H10ClNO2S2. The van der Waals surface area contributed by atoms with Gasteiger partial charge in [-0.2, -0.15) is 5.26 Å². The summed E-state index contributed by atoms with van der Waals surface area (Å²) in [7, 11) is -3.17. The number of rotatable bonds is 3. The number of hydrogen-bond donors (Lipinski definition) is 0. The van der Waals surface area contributed by atoms with Gasteiger partial charge in [0.05, 0.1) is 15.5 Å². The molecule has 0 heterocycles. The van der Waals surface area contributed by atoms with Gasteiger partial charge in [-0.15, -0.1) is 0 Å². The molecule has 0 fully saturated rings. The molecule has 0 atom stereocenters. The predicted molar refractivity (Wildman–Crippen MR) is 79.8 cm³/mol. The van der Waals surface area contributed by atoms with E-state index in [2.05, 4.69) is 0 Å². The summed E-state index contributed by atoms with van der Waals surface area (Å²) in [6.45, 7) is 0. The maximum Gasteiger partial charge on any atom is 0.175 e. The van der Waals surface area contributed by atoms with Crippen LogP contribution in [-0.2, 0) is 9.84 Å². The molecule has 0 spiro atoms. The van der Waals surface area contributed by atoms with Gasteiger partial charge in [-0.05, 0) is 42.5 Å². The number of hydrogen-bond acceptors (Lipinski definition) is 4. The summed E-state index contributed by atoms with van der Waals surface area (Å²) < 4.78 is 22.7. The van der Waals surface area contributed by atoms with E-state index in [1.807, 2.05) is 6.07 Å². The summed E-state index contributed by atoms with van der Waals surface area (Å²) in [6, 6.07) is 13.8. The molecular weight excluding hydrogens is 314 g/mol. The van der Waals surface area contributed by atoms with Gasteiger partial charge >= 0.3 is 0 Å². The number of nitriles is 1. The predicted octanol–water partition coefficient (Wildman–Crippen LogP) is 3.77. The first-order valence-corrected chi connectivity index (χ1v) is 8.66. The van der Waals surface area contributed by atoms with Gasteiger partial charge in [-0.3, -0.25) is 0 Å². The van der Waals surface area contributed by atoms with Crippen LogP contribution < -0.4 is 0 Å². The van der Waals surface area contributed by atoms with Crippen LogP contribution in [0.15, 0.2) is 57.2 Å². The molecule has 0 saturated heterocycles. The van der Waals surface area contributed by atoms with Gasteiger partial charge in [0.25, 0.3) is 0 Å². The van der Waals surface area contributed by atoms with Gasteiger partial charge < -0.3 is 0 Å². The molecule has 0 saturated carbocycles. The van der Waals surface area contributed by atoms with Crippen LogP contribution in [-0.4, -0.2) is 14.7 Å². The van der Waals surface area contributed by atoms with Crippen LogP contribution in [0.1, 0.15) is 5.56 Å². The zero-order valence-corrected chi connectivity index (χ0v) is 12.9. The van der Waals surface area contributed by atoms with Crippen LogP contribution in [0.4, 0.5) is 0 Å². The Hall–Kier alpha value is -1.48. The standard InChI is InChI=1S/C14H10ClNO2S2/c1-20(17,18)13-6-4-11(5-7-13)19-12-3-2-10(9-16)14(15)8-12/h2-8H,1H3. The topological polar surface area (TPSA) is 57.9 Å². The number of sulfone groups is 1. The van der Waals surface area contributed by atoms with Crippen molar-refractivity contribution in [3.8, 4) is 6.07 Å². The highest BCUT2D eigenvalue weighted by Crippen LogP contribution is 2.31. The van der Waals surface area contributed by atoms with Crippen molar-refractivity contribution in [2.45, 2.75) is 14.7 Å². The van der Waals surface area contributed by atoms with Gasteiger partial charge in [0, 0.05) is 16.0 Å². The Labute approximate surface area is 127 Å². The average molecular weight is 324 g/mol. The van der Waals surface area contributed by atoms with Crippen LogP contribution in [0.25, 0.3) is 0 Å². The fourth-order valence-corrected chi connectivity index (χ4v) is 3.32. The normalized spacial score (nSPS) is 11.1. The monoisotopic (exact) mass is 323 g/mol. The quantitative estimate of drug-likeness (QED) is 0.862. The fourth-order valence-electron chi connectivity index (χ4n) is 1.54. The van der Waals surface area contributed by atoms with Crippen molar-refractivity contribution in [1.29, 1.82) is 5.26 Å². The molecule has 20 heavy (non-hydrogen) atoms. The first-order valence-electron chi connectivity index (χ1n) is 5.58. The van der Waals surface area contributed by atoms with Crippen molar-refractivity contribution in [3.05, 3.63) is 53.1 Å². The Morgan fingerprint density at radius 3 is 2.20 bits per heavy atom. The van der Waals surface area contributed by atoms with Crippen molar-refractivity contribution < 1.29 is 8.42 Å². The average Bonchev–Trinajstić information content (AvgIpc) is 2.38. The minimum atomic E-state index is -3.17. The molecule has 0 aliphatic rings. The van der Waals surface area contributed by atoms with E-state index >= 15 is 0 Å². The van der Waals surface area contributed by atoms with Crippen molar-refractivity contribution in [1.82, 2.24) is 0 Å². The Morgan fingerprint density at radius 1 is 1.10 bits per heavy atom. The van der Waals surface area contributed by atoms with E-state index in [0.29, 0.717) is 15.5 Å². The van der Waals surface area contributed by atoms with Crippen LogP contribution in [0, 0.1) is 11.3 Å². The largest absolute Gasteiger partial charge is 0.224 e. The van der Waals surface area contributed by atoms with Crippen molar-refractivity contribution in [2.24, 2.45) is 0 Å². The van der Waals surface area contributed by atoms with E-state index in [4.69, 9.17) is 16.9 Å². The lowest BCUT2D eigenvalue weighted by Gasteiger charge is -2.04. The molecule has 0 amide bonds. The Balaban J connectivity index is 2.23. The lowest BCUT2D eigenvalue weighted by atomic mass is 10.2. The second-order valence-electron chi connectivity index (χ2n) is 4.10. The van der Waals surface area contributed by atoms with Crippen molar-refractivity contribution in [3.63, 3.8) is 0 Å². The first-order chi connectivity index (χ1) is 9.40. The number of halogens is 1. The number of benzene rings is 2. The summed E-state index contributed by atoms with van der Waals surface area (Å²) in [5.74, 6) is 0. The highest BCUT2D eigenvalue weighted by molar-refractivity contribution is 7.99. The van der Waals surface area contributed by atoms with Gasteiger partial charge in [0.2, 0.25) is 0 Å². The Kier molecular flexibility index (Phi) is 4.39. The molecule has 2 aromatic carbocycles. The molecule has 0 aliphatic heterocycles. The van der Waals surface area contributed by atoms with E-state index in [-0.39, 0.29) is 0 Å². The molecule has 0 N–H and O–H groups in total. The third-order valence-corrected chi connectivity index (χ3v) is 4.99. The zero-order chi connectivity index (χ0) is 14.8.